The molecule has 4 rings (SSSR count). The first-order valence-electron chi connectivity index (χ1n) is 10.7. The van der Waals surface area contributed by atoms with Crippen molar-refractivity contribution in [3.05, 3.63) is 76.4 Å². The van der Waals surface area contributed by atoms with Crippen LogP contribution in [0.25, 0.3) is 11.3 Å². The standard InChI is InChI=1S/C25H28ClN3O2/c1-25(2,3)31-24(30)28-15-7-10-22-21(17-28)23(19-11-13-20(26)14-12-19)29(27-22)16-18-8-5-4-6-9-18/h4-6,8-9,11-14H,7,10,15-17H2,1-3H3. The van der Waals surface area contributed by atoms with Crippen molar-refractivity contribution in [1.82, 2.24) is 14.7 Å². The average molecular weight is 438 g/mol. The second-order valence-electron chi connectivity index (χ2n) is 8.93. The molecule has 0 atom stereocenters. The lowest BCUT2D eigenvalue weighted by atomic mass is 10.0. The van der Waals surface area contributed by atoms with Gasteiger partial charge in [0.1, 0.15) is 5.60 Å². The smallest absolute Gasteiger partial charge is 0.410 e. The molecule has 0 N–H and O–H groups in total. The summed E-state index contributed by atoms with van der Waals surface area (Å²) in [6.45, 7) is 7.49. The van der Waals surface area contributed by atoms with Gasteiger partial charge < -0.3 is 9.64 Å². The van der Waals surface area contributed by atoms with Gasteiger partial charge in [-0.1, -0.05) is 54.1 Å². The van der Waals surface area contributed by atoms with Crippen LogP contribution in [0, 0.1) is 0 Å². The Morgan fingerprint density at radius 3 is 2.48 bits per heavy atom. The molecule has 1 amide bonds. The number of carbonyl (C=O) groups is 1. The maximum Gasteiger partial charge on any atom is 0.410 e. The van der Waals surface area contributed by atoms with Gasteiger partial charge in [-0.05, 0) is 51.3 Å². The molecule has 2 heterocycles. The van der Waals surface area contributed by atoms with E-state index in [1.54, 1.807) is 4.90 Å². The molecular weight excluding hydrogens is 410 g/mol. The number of hydrogen-bond donors (Lipinski definition) is 0. The number of aryl methyl sites for hydroxylation is 1. The van der Waals surface area contributed by atoms with Crippen LogP contribution < -0.4 is 0 Å². The number of carbonyl (C=O) groups excluding carboxylic acids is 1. The van der Waals surface area contributed by atoms with Crippen molar-refractivity contribution in [2.24, 2.45) is 0 Å². The zero-order valence-corrected chi connectivity index (χ0v) is 19.0. The SMILES string of the molecule is CC(C)(C)OC(=O)N1CCCc2nn(Cc3ccccc3)c(-c3ccc(Cl)cc3)c2C1. The molecule has 0 saturated carbocycles. The molecule has 5 nitrogen and oxygen atoms in total. The summed E-state index contributed by atoms with van der Waals surface area (Å²) in [7, 11) is 0. The third-order valence-electron chi connectivity index (χ3n) is 5.27. The normalized spacial score (nSPS) is 14.1. The molecule has 0 aliphatic carbocycles. The topological polar surface area (TPSA) is 47.4 Å². The summed E-state index contributed by atoms with van der Waals surface area (Å²) in [5.74, 6) is 0. The molecule has 1 aromatic heterocycles. The van der Waals surface area contributed by atoms with E-state index in [1.807, 2.05) is 63.2 Å². The van der Waals surface area contributed by atoms with Gasteiger partial charge in [0, 0.05) is 22.7 Å². The third kappa shape index (κ3) is 5.10. The quantitative estimate of drug-likeness (QED) is 0.509. The second-order valence-corrected chi connectivity index (χ2v) is 9.37. The Hall–Kier alpha value is -2.79. The first kappa shape index (κ1) is 21.4. The Morgan fingerprint density at radius 2 is 1.81 bits per heavy atom. The average Bonchev–Trinajstić information content (AvgIpc) is 2.90. The first-order chi connectivity index (χ1) is 14.8. The van der Waals surface area contributed by atoms with Gasteiger partial charge in [0.2, 0.25) is 0 Å². The minimum absolute atomic E-state index is 0.279. The summed E-state index contributed by atoms with van der Waals surface area (Å²) < 4.78 is 7.71. The number of hydrogen-bond acceptors (Lipinski definition) is 3. The molecular formula is C25H28ClN3O2. The van der Waals surface area contributed by atoms with Gasteiger partial charge in [-0.2, -0.15) is 5.10 Å². The zero-order valence-electron chi connectivity index (χ0n) is 18.3. The van der Waals surface area contributed by atoms with Crippen LogP contribution in [0.4, 0.5) is 4.79 Å². The van der Waals surface area contributed by atoms with Crippen LogP contribution in [0.15, 0.2) is 54.6 Å². The fourth-order valence-electron chi connectivity index (χ4n) is 3.91. The van der Waals surface area contributed by atoms with E-state index in [-0.39, 0.29) is 6.09 Å². The Kier molecular flexibility index (Phi) is 6.05. The lowest BCUT2D eigenvalue weighted by molar-refractivity contribution is 0.0237. The minimum atomic E-state index is -0.525. The van der Waals surface area contributed by atoms with Crippen molar-refractivity contribution in [2.45, 2.75) is 52.3 Å². The number of fused-ring (bicyclic) bond motifs is 1. The van der Waals surface area contributed by atoms with Crippen molar-refractivity contribution in [3.63, 3.8) is 0 Å². The summed E-state index contributed by atoms with van der Waals surface area (Å²) in [5.41, 5.74) is 4.86. The van der Waals surface area contributed by atoms with Gasteiger partial charge in [-0.25, -0.2) is 4.79 Å². The van der Waals surface area contributed by atoms with Gasteiger partial charge in [0.25, 0.3) is 0 Å². The van der Waals surface area contributed by atoms with Crippen molar-refractivity contribution >= 4 is 17.7 Å². The highest BCUT2D eigenvalue weighted by molar-refractivity contribution is 6.30. The summed E-state index contributed by atoms with van der Waals surface area (Å²) >= 11 is 6.15. The van der Waals surface area contributed by atoms with E-state index in [0.29, 0.717) is 24.7 Å². The van der Waals surface area contributed by atoms with Crippen LogP contribution in [-0.4, -0.2) is 32.9 Å². The number of aromatic nitrogens is 2. The molecule has 0 unspecified atom stereocenters. The Morgan fingerprint density at radius 1 is 1.10 bits per heavy atom. The van der Waals surface area contributed by atoms with Crippen LogP contribution >= 0.6 is 11.6 Å². The van der Waals surface area contributed by atoms with Gasteiger partial charge in [0.05, 0.1) is 24.5 Å². The largest absolute Gasteiger partial charge is 0.444 e. The van der Waals surface area contributed by atoms with Gasteiger partial charge in [0.15, 0.2) is 0 Å². The molecule has 162 valence electrons. The maximum absolute atomic E-state index is 12.8. The maximum atomic E-state index is 12.8. The van der Waals surface area contributed by atoms with E-state index >= 15 is 0 Å². The summed E-state index contributed by atoms with van der Waals surface area (Å²) in [6, 6.07) is 18.1. The molecule has 0 radical (unpaired) electrons. The molecule has 0 spiro atoms. The first-order valence-corrected chi connectivity index (χ1v) is 11.0. The molecule has 31 heavy (non-hydrogen) atoms. The molecule has 1 aliphatic heterocycles. The summed E-state index contributed by atoms with van der Waals surface area (Å²) in [4.78, 5) is 14.6. The number of benzene rings is 2. The lowest BCUT2D eigenvalue weighted by Gasteiger charge is -2.26. The monoisotopic (exact) mass is 437 g/mol. The molecule has 2 aromatic carbocycles. The van der Waals surface area contributed by atoms with Crippen LogP contribution in [0.3, 0.4) is 0 Å². The number of halogens is 1. The van der Waals surface area contributed by atoms with Crippen LogP contribution in [-0.2, 0) is 24.2 Å². The van der Waals surface area contributed by atoms with Crippen molar-refractivity contribution in [3.8, 4) is 11.3 Å². The van der Waals surface area contributed by atoms with Gasteiger partial charge >= 0.3 is 6.09 Å². The second kappa shape index (κ2) is 8.75. The summed E-state index contributed by atoms with van der Waals surface area (Å²) in [6.07, 6.45) is 1.41. The number of rotatable bonds is 3. The van der Waals surface area contributed by atoms with Gasteiger partial charge in [-0.15, -0.1) is 0 Å². The molecule has 0 bridgehead atoms. The van der Waals surface area contributed by atoms with Crippen LogP contribution in [0.5, 0.6) is 0 Å². The number of amides is 1. The molecule has 0 fully saturated rings. The predicted octanol–water partition coefficient (Wildman–Crippen LogP) is 5.94. The molecule has 6 heteroatoms. The molecule has 1 aliphatic rings. The Bertz CT molecular complexity index is 1050. The lowest BCUT2D eigenvalue weighted by Crippen LogP contribution is -2.36. The van der Waals surface area contributed by atoms with E-state index in [2.05, 4.69) is 16.8 Å². The minimum Gasteiger partial charge on any atom is -0.444 e. The Labute approximate surface area is 188 Å². The van der Waals surface area contributed by atoms with Crippen LogP contribution in [0.1, 0.15) is 44.0 Å². The van der Waals surface area contributed by atoms with Crippen molar-refractivity contribution < 1.29 is 9.53 Å². The summed E-state index contributed by atoms with van der Waals surface area (Å²) in [5, 5.41) is 5.67. The fourth-order valence-corrected chi connectivity index (χ4v) is 4.03. The third-order valence-corrected chi connectivity index (χ3v) is 5.52. The highest BCUT2D eigenvalue weighted by Crippen LogP contribution is 2.32. The van der Waals surface area contributed by atoms with E-state index in [0.717, 1.165) is 35.4 Å². The fraction of sp³-hybridized carbons (Fsp3) is 0.360. The zero-order chi connectivity index (χ0) is 22.0. The van der Waals surface area contributed by atoms with E-state index < -0.39 is 5.60 Å². The highest BCUT2D eigenvalue weighted by atomic mass is 35.5. The molecule has 0 saturated heterocycles. The predicted molar refractivity (Wildman–Crippen MR) is 123 cm³/mol. The van der Waals surface area contributed by atoms with E-state index in [1.165, 1.54) is 5.56 Å². The van der Waals surface area contributed by atoms with Crippen molar-refractivity contribution in [2.75, 3.05) is 6.54 Å². The van der Waals surface area contributed by atoms with Crippen LogP contribution in [0.2, 0.25) is 5.02 Å². The Balaban J connectivity index is 1.75. The highest BCUT2D eigenvalue weighted by Gasteiger charge is 2.29. The van der Waals surface area contributed by atoms with Gasteiger partial charge in [-0.3, -0.25) is 4.68 Å². The van der Waals surface area contributed by atoms with E-state index in [9.17, 15) is 4.79 Å². The van der Waals surface area contributed by atoms with E-state index in [4.69, 9.17) is 21.4 Å². The van der Waals surface area contributed by atoms with Crippen molar-refractivity contribution in [1.29, 1.82) is 0 Å². The molecule has 3 aromatic rings. The number of ether oxygens (including phenoxy) is 1. The number of nitrogens with zero attached hydrogens (tertiary/aromatic N) is 3.